The molecule has 2 saturated heterocycles. The van der Waals surface area contributed by atoms with Crippen molar-refractivity contribution in [2.75, 3.05) is 33.3 Å². The highest BCUT2D eigenvalue weighted by atomic mass is 32.2. The van der Waals surface area contributed by atoms with Gasteiger partial charge in [0.15, 0.2) is 5.37 Å². The number of nitrogens with zero attached hydrogens (tertiary/aromatic N) is 1. The number of phenolic OH excluding ortho intramolecular Hbond substituents is 1. The predicted molar refractivity (Wildman–Crippen MR) is 127 cm³/mol. The molecule has 0 saturated carbocycles. The highest BCUT2D eigenvalue weighted by Crippen LogP contribution is 2.41. The number of hydrogen-bond acceptors (Lipinski definition) is 7. The lowest BCUT2D eigenvalue weighted by molar-refractivity contribution is 0.0917. The Morgan fingerprint density at radius 3 is 2.60 bits per heavy atom. The number of aromatic hydroxyl groups is 1. The van der Waals surface area contributed by atoms with Crippen LogP contribution in [0, 0.1) is 5.82 Å². The predicted octanol–water partition coefficient (Wildman–Crippen LogP) is 1.31. The number of piperidine rings is 1. The Balaban J connectivity index is 1.85. The van der Waals surface area contributed by atoms with Crippen molar-refractivity contribution in [2.45, 2.75) is 36.2 Å². The largest absolute Gasteiger partial charge is 0.507 e. The maximum atomic E-state index is 14.3. The minimum Gasteiger partial charge on any atom is -0.507 e. The number of carbonyl (C=O) groups is 1. The molecule has 2 aliphatic rings. The molecule has 0 spiro atoms. The summed E-state index contributed by atoms with van der Waals surface area (Å²) in [6.45, 7) is 0.932. The van der Waals surface area contributed by atoms with Gasteiger partial charge in [-0.3, -0.25) is 4.79 Å². The van der Waals surface area contributed by atoms with Gasteiger partial charge in [-0.1, -0.05) is 18.2 Å². The van der Waals surface area contributed by atoms with Gasteiger partial charge >= 0.3 is 0 Å². The SMILES string of the molecule is COc1cccc(O)c1C(=O)NC(C1(c2cccc(F)c2)CCNCC1)S(=O)(=O)N1CCC(O)C1. The average Bonchev–Trinajstić information content (AvgIpc) is 3.29. The van der Waals surface area contributed by atoms with Crippen LogP contribution in [-0.4, -0.2) is 73.6 Å². The average molecular weight is 508 g/mol. The fourth-order valence-corrected chi connectivity index (χ4v) is 7.31. The third-order valence-corrected chi connectivity index (χ3v) is 9.11. The van der Waals surface area contributed by atoms with E-state index in [1.807, 2.05) is 0 Å². The Kier molecular flexibility index (Phi) is 7.32. The van der Waals surface area contributed by atoms with Crippen LogP contribution in [0.3, 0.4) is 0 Å². The van der Waals surface area contributed by atoms with Crippen molar-refractivity contribution in [1.82, 2.24) is 14.9 Å². The van der Waals surface area contributed by atoms with Crippen molar-refractivity contribution in [3.8, 4) is 11.5 Å². The topological polar surface area (TPSA) is 128 Å². The highest BCUT2D eigenvalue weighted by molar-refractivity contribution is 7.89. The van der Waals surface area contributed by atoms with Crippen molar-refractivity contribution in [2.24, 2.45) is 0 Å². The molecule has 9 nitrogen and oxygen atoms in total. The molecule has 1 amide bonds. The number of rotatable bonds is 7. The smallest absolute Gasteiger partial charge is 0.259 e. The number of methoxy groups -OCH3 is 1. The summed E-state index contributed by atoms with van der Waals surface area (Å²) in [6, 6.07) is 10.1. The molecule has 0 aliphatic carbocycles. The van der Waals surface area contributed by atoms with Gasteiger partial charge in [0.1, 0.15) is 22.9 Å². The second-order valence-corrected chi connectivity index (χ2v) is 11.0. The Labute approximate surface area is 204 Å². The van der Waals surface area contributed by atoms with E-state index in [9.17, 15) is 27.8 Å². The van der Waals surface area contributed by atoms with Gasteiger partial charge in [0.05, 0.1) is 13.2 Å². The first-order valence-electron chi connectivity index (χ1n) is 11.5. The molecule has 0 bridgehead atoms. The summed E-state index contributed by atoms with van der Waals surface area (Å²) in [4.78, 5) is 13.5. The number of sulfonamides is 1. The van der Waals surface area contributed by atoms with Crippen molar-refractivity contribution in [1.29, 1.82) is 0 Å². The lowest BCUT2D eigenvalue weighted by Crippen LogP contribution is -2.61. The molecular formula is C24H30FN3O6S. The number of hydrogen-bond donors (Lipinski definition) is 4. The first kappa shape index (κ1) is 25.4. The van der Waals surface area contributed by atoms with Gasteiger partial charge in [0, 0.05) is 18.5 Å². The molecule has 2 fully saturated rings. The number of halogens is 1. The molecule has 35 heavy (non-hydrogen) atoms. The molecule has 190 valence electrons. The first-order valence-corrected chi connectivity index (χ1v) is 13.0. The van der Waals surface area contributed by atoms with Gasteiger partial charge in [-0.2, -0.15) is 4.31 Å². The summed E-state index contributed by atoms with van der Waals surface area (Å²) >= 11 is 0. The Morgan fingerprint density at radius 1 is 1.26 bits per heavy atom. The van der Waals surface area contributed by atoms with Gasteiger partial charge in [-0.05, 0) is 62.2 Å². The molecule has 2 unspecified atom stereocenters. The number of benzene rings is 2. The second-order valence-electron chi connectivity index (χ2n) is 8.97. The Hall–Kier alpha value is -2.73. The number of aliphatic hydroxyl groups excluding tert-OH is 1. The standard InChI is InChI=1S/C24H30FN3O6S/c1-34-20-7-3-6-19(30)21(20)22(31)27-23(35(32,33)28-13-8-18(29)15-28)24(9-11-26-12-10-24)16-4-2-5-17(25)14-16/h2-7,14,18,23,26,29-30H,8-13,15H2,1H3,(H,27,31). The zero-order valence-corrected chi connectivity index (χ0v) is 20.2. The number of aliphatic hydroxyl groups is 1. The van der Waals surface area contributed by atoms with Crippen molar-refractivity contribution < 1.29 is 32.6 Å². The van der Waals surface area contributed by atoms with Crippen molar-refractivity contribution in [3.63, 3.8) is 0 Å². The van der Waals surface area contributed by atoms with Crippen LogP contribution in [0.1, 0.15) is 35.2 Å². The van der Waals surface area contributed by atoms with Gasteiger partial charge in [-0.15, -0.1) is 0 Å². The zero-order chi connectivity index (χ0) is 25.2. The highest BCUT2D eigenvalue weighted by Gasteiger charge is 2.52. The monoisotopic (exact) mass is 507 g/mol. The van der Waals surface area contributed by atoms with E-state index in [2.05, 4.69) is 10.6 Å². The number of carbonyl (C=O) groups excluding carboxylic acids is 1. The number of amides is 1. The van der Waals surface area contributed by atoms with E-state index in [1.165, 1.54) is 47.8 Å². The maximum absolute atomic E-state index is 14.3. The van der Waals surface area contributed by atoms with Crippen LogP contribution in [0.2, 0.25) is 0 Å². The molecule has 0 radical (unpaired) electrons. The molecule has 2 aromatic rings. The maximum Gasteiger partial charge on any atom is 0.259 e. The minimum absolute atomic E-state index is 0.0837. The van der Waals surface area contributed by atoms with E-state index in [1.54, 1.807) is 6.07 Å². The van der Waals surface area contributed by atoms with Gasteiger partial charge in [0.2, 0.25) is 10.0 Å². The lowest BCUT2D eigenvalue weighted by Gasteiger charge is -2.45. The van der Waals surface area contributed by atoms with Gasteiger partial charge in [-0.25, -0.2) is 12.8 Å². The van der Waals surface area contributed by atoms with E-state index in [-0.39, 0.29) is 36.6 Å². The van der Waals surface area contributed by atoms with Crippen molar-refractivity contribution in [3.05, 3.63) is 59.4 Å². The van der Waals surface area contributed by atoms with E-state index in [0.29, 0.717) is 31.5 Å². The summed E-state index contributed by atoms with van der Waals surface area (Å²) in [6.07, 6.45) is 0.100. The number of phenols is 1. The lowest BCUT2D eigenvalue weighted by atomic mass is 9.72. The summed E-state index contributed by atoms with van der Waals surface area (Å²) in [5.41, 5.74) is -0.899. The molecule has 0 aromatic heterocycles. The summed E-state index contributed by atoms with van der Waals surface area (Å²) < 4.78 is 48.8. The normalized spacial score (nSPS) is 21.4. The van der Waals surface area contributed by atoms with Crippen LogP contribution in [0.4, 0.5) is 4.39 Å². The fourth-order valence-electron chi connectivity index (χ4n) is 5.07. The molecule has 4 rings (SSSR count). The Morgan fingerprint density at radius 2 is 1.97 bits per heavy atom. The van der Waals surface area contributed by atoms with Crippen LogP contribution >= 0.6 is 0 Å². The summed E-state index contributed by atoms with van der Waals surface area (Å²) in [5.74, 6) is -1.62. The number of nitrogens with one attached hydrogen (secondary N) is 2. The molecule has 11 heteroatoms. The first-order chi connectivity index (χ1) is 16.7. The van der Waals surface area contributed by atoms with Gasteiger partial charge < -0.3 is 25.6 Å². The molecule has 2 aromatic carbocycles. The van der Waals surface area contributed by atoms with Crippen LogP contribution in [0.15, 0.2) is 42.5 Å². The van der Waals surface area contributed by atoms with Crippen LogP contribution in [-0.2, 0) is 15.4 Å². The van der Waals surface area contributed by atoms with E-state index in [0.717, 1.165) is 0 Å². The minimum atomic E-state index is -4.22. The summed E-state index contributed by atoms with van der Waals surface area (Å²) in [7, 11) is -2.88. The van der Waals surface area contributed by atoms with Crippen LogP contribution in [0.5, 0.6) is 11.5 Å². The molecular weight excluding hydrogens is 477 g/mol. The van der Waals surface area contributed by atoms with E-state index < -0.39 is 38.6 Å². The van der Waals surface area contributed by atoms with Crippen molar-refractivity contribution >= 4 is 15.9 Å². The van der Waals surface area contributed by atoms with E-state index >= 15 is 0 Å². The molecule has 2 aliphatic heterocycles. The van der Waals surface area contributed by atoms with Crippen LogP contribution in [0.25, 0.3) is 0 Å². The number of ether oxygens (including phenoxy) is 1. The molecule has 2 atom stereocenters. The zero-order valence-electron chi connectivity index (χ0n) is 19.4. The third-order valence-electron chi connectivity index (χ3n) is 6.89. The third kappa shape index (κ3) is 4.86. The summed E-state index contributed by atoms with van der Waals surface area (Å²) in [5, 5.41) is 24.8. The molecule has 2 heterocycles. The number of β-amino-alcohol motifs (C(OH)–C–C–N with tert-alkyl or cyclic N) is 1. The van der Waals surface area contributed by atoms with Gasteiger partial charge in [0.25, 0.3) is 5.91 Å². The van der Waals surface area contributed by atoms with E-state index in [4.69, 9.17) is 4.74 Å². The quantitative estimate of drug-likeness (QED) is 0.445. The van der Waals surface area contributed by atoms with Crippen LogP contribution < -0.4 is 15.4 Å². The fraction of sp³-hybridized carbons (Fsp3) is 0.458. The molecule has 4 N–H and O–H groups in total. The second kappa shape index (κ2) is 10.1. The Bertz CT molecular complexity index is 1190.